The molecule has 1 unspecified atom stereocenters. The summed E-state index contributed by atoms with van der Waals surface area (Å²) in [4.78, 5) is 12.1. The third kappa shape index (κ3) is 2.72. The molecule has 1 atom stereocenters. The first kappa shape index (κ1) is 13.1. The number of hydrogen-bond acceptors (Lipinski definition) is 4. The van der Waals surface area contributed by atoms with Crippen molar-refractivity contribution in [2.75, 3.05) is 13.1 Å². The van der Waals surface area contributed by atoms with E-state index in [9.17, 15) is 4.79 Å². The topological polar surface area (TPSA) is 67.2 Å². The smallest absolute Gasteiger partial charge is 0.223 e. The molecule has 2 N–H and O–H groups in total. The first-order valence-corrected chi connectivity index (χ1v) is 6.53. The summed E-state index contributed by atoms with van der Waals surface area (Å²) in [6, 6.07) is -0.0429. The van der Waals surface area contributed by atoms with Crippen molar-refractivity contribution in [3.63, 3.8) is 0 Å². The van der Waals surface area contributed by atoms with Crippen LogP contribution in [0.1, 0.15) is 42.8 Å². The van der Waals surface area contributed by atoms with Gasteiger partial charge in [0.1, 0.15) is 5.76 Å². The molecule has 0 spiro atoms. The Balaban J connectivity index is 1.98. The molecular weight excluding hydrogens is 230 g/mol. The van der Waals surface area contributed by atoms with Crippen molar-refractivity contribution in [3.8, 4) is 0 Å². The molecule has 18 heavy (non-hydrogen) atoms. The second kappa shape index (κ2) is 5.52. The van der Waals surface area contributed by atoms with Gasteiger partial charge >= 0.3 is 0 Å². The van der Waals surface area contributed by atoms with Crippen LogP contribution in [0.4, 0.5) is 0 Å². The van der Waals surface area contributed by atoms with Gasteiger partial charge in [0.05, 0.1) is 11.7 Å². The van der Waals surface area contributed by atoms with E-state index in [0.29, 0.717) is 0 Å². The molecule has 1 aromatic heterocycles. The van der Waals surface area contributed by atoms with E-state index in [1.165, 1.54) is 0 Å². The van der Waals surface area contributed by atoms with Gasteiger partial charge in [-0.1, -0.05) is 5.16 Å². The number of nitrogens with one attached hydrogen (secondary N) is 2. The summed E-state index contributed by atoms with van der Waals surface area (Å²) in [5.74, 6) is 1.06. The predicted molar refractivity (Wildman–Crippen MR) is 68.1 cm³/mol. The predicted octanol–water partition coefficient (Wildman–Crippen LogP) is 1.47. The number of carbonyl (C=O) groups is 1. The number of aromatic nitrogens is 1. The van der Waals surface area contributed by atoms with E-state index < -0.39 is 0 Å². The van der Waals surface area contributed by atoms with Crippen LogP contribution in [0.2, 0.25) is 0 Å². The first-order valence-electron chi connectivity index (χ1n) is 6.53. The van der Waals surface area contributed by atoms with E-state index >= 15 is 0 Å². The van der Waals surface area contributed by atoms with Gasteiger partial charge in [-0.25, -0.2) is 0 Å². The van der Waals surface area contributed by atoms with Crippen LogP contribution in [0.3, 0.4) is 0 Å². The van der Waals surface area contributed by atoms with Crippen LogP contribution < -0.4 is 10.6 Å². The Bertz CT molecular complexity index is 402. The van der Waals surface area contributed by atoms with Crippen molar-refractivity contribution in [1.29, 1.82) is 0 Å². The lowest BCUT2D eigenvalue weighted by atomic mass is 9.96. The molecular formula is C13H21N3O2. The Morgan fingerprint density at radius 1 is 1.44 bits per heavy atom. The average molecular weight is 251 g/mol. The maximum atomic E-state index is 12.1. The van der Waals surface area contributed by atoms with Gasteiger partial charge in [-0.05, 0) is 46.7 Å². The van der Waals surface area contributed by atoms with E-state index in [2.05, 4.69) is 15.8 Å². The molecule has 0 saturated carbocycles. The molecule has 1 aromatic rings. The molecule has 0 aromatic carbocycles. The number of hydrogen-bond donors (Lipinski definition) is 2. The average Bonchev–Trinajstić information content (AvgIpc) is 2.70. The van der Waals surface area contributed by atoms with Crippen molar-refractivity contribution >= 4 is 5.91 Å². The minimum Gasteiger partial charge on any atom is -0.361 e. The lowest BCUT2D eigenvalue weighted by Gasteiger charge is -2.24. The summed E-state index contributed by atoms with van der Waals surface area (Å²) < 4.78 is 5.13. The lowest BCUT2D eigenvalue weighted by Crippen LogP contribution is -2.39. The summed E-state index contributed by atoms with van der Waals surface area (Å²) in [6.07, 6.45) is 1.83. The summed E-state index contributed by atoms with van der Waals surface area (Å²) in [6.45, 7) is 7.61. The fourth-order valence-electron chi connectivity index (χ4n) is 2.60. The van der Waals surface area contributed by atoms with Gasteiger partial charge in [0, 0.05) is 11.5 Å². The normalized spacial score (nSPS) is 18.6. The van der Waals surface area contributed by atoms with Crippen LogP contribution >= 0.6 is 0 Å². The molecule has 0 bridgehead atoms. The standard InChI is InChI=1S/C13H21N3O2/c1-8(12-9(2)16-18-10(12)3)15-13(17)11-4-6-14-7-5-11/h8,11,14H,4-7H2,1-3H3,(H,15,17). The number of carbonyl (C=O) groups excluding carboxylic acids is 1. The lowest BCUT2D eigenvalue weighted by molar-refractivity contribution is -0.126. The molecule has 5 heteroatoms. The van der Waals surface area contributed by atoms with Gasteiger partial charge in [-0.3, -0.25) is 4.79 Å². The van der Waals surface area contributed by atoms with Crippen molar-refractivity contribution in [2.45, 2.75) is 39.7 Å². The highest BCUT2D eigenvalue weighted by atomic mass is 16.5. The summed E-state index contributed by atoms with van der Waals surface area (Å²) in [5.41, 5.74) is 1.85. The third-order valence-electron chi connectivity index (χ3n) is 3.59. The summed E-state index contributed by atoms with van der Waals surface area (Å²) in [7, 11) is 0. The fourth-order valence-corrected chi connectivity index (χ4v) is 2.60. The molecule has 0 radical (unpaired) electrons. The molecule has 1 aliphatic heterocycles. The Labute approximate surface area is 107 Å². The number of amides is 1. The van der Waals surface area contributed by atoms with Crippen LogP contribution in [-0.4, -0.2) is 24.2 Å². The maximum Gasteiger partial charge on any atom is 0.223 e. The molecule has 2 rings (SSSR count). The summed E-state index contributed by atoms with van der Waals surface area (Å²) >= 11 is 0. The van der Waals surface area contributed by atoms with E-state index in [1.807, 2.05) is 20.8 Å². The van der Waals surface area contributed by atoms with Crippen LogP contribution in [0.25, 0.3) is 0 Å². The molecule has 1 saturated heterocycles. The Kier molecular flexibility index (Phi) is 4.01. The second-order valence-corrected chi connectivity index (χ2v) is 4.99. The minimum atomic E-state index is -0.0429. The van der Waals surface area contributed by atoms with Gasteiger partial charge in [-0.2, -0.15) is 0 Å². The number of aryl methyl sites for hydroxylation is 2. The zero-order chi connectivity index (χ0) is 13.1. The Morgan fingerprint density at radius 2 is 2.11 bits per heavy atom. The van der Waals surface area contributed by atoms with Crippen LogP contribution in [0.5, 0.6) is 0 Å². The highest BCUT2D eigenvalue weighted by molar-refractivity contribution is 5.79. The third-order valence-corrected chi connectivity index (χ3v) is 3.59. The van der Waals surface area contributed by atoms with Gasteiger partial charge in [0.25, 0.3) is 0 Å². The molecule has 0 aliphatic carbocycles. The van der Waals surface area contributed by atoms with Crippen LogP contribution in [-0.2, 0) is 4.79 Å². The van der Waals surface area contributed by atoms with Crippen molar-refractivity contribution < 1.29 is 9.32 Å². The maximum absolute atomic E-state index is 12.1. The van der Waals surface area contributed by atoms with Crippen LogP contribution in [0.15, 0.2) is 4.52 Å². The SMILES string of the molecule is Cc1noc(C)c1C(C)NC(=O)C1CCNCC1. The molecule has 1 amide bonds. The highest BCUT2D eigenvalue weighted by Crippen LogP contribution is 2.22. The summed E-state index contributed by atoms with van der Waals surface area (Å²) in [5, 5.41) is 10.3. The second-order valence-electron chi connectivity index (χ2n) is 4.99. The number of nitrogens with zero attached hydrogens (tertiary/aromatic N) is 1. The number of rotatable bonds is 3. The zero-order valence-electron chi connectivity index (χ0n) is 11.2. The monoisotopic (exact) mass is 251 g/mol. The molecule has 100 valence electrons. The molecule has 1 fully saturated rings. The van der Waals surface area contributed by atoms with E-state index in [-0.39, 0.29) is 17.9 Å². The van der Waals surface area contributed by atoms with Gasteiger partial charge < -0.3 is 15.2 Å². The van der Waals surface area contributed by atoms with E-state index in [4.69, 9.17) is 4.52 Å². The van der Waals surface area contributed by atoms with Crippen LogP contribution in [0, 0.1) is 19.8 Å². The molecule has 5 nitrogen and oxygen atoms in total. The van der Waals surface area contributed by atoms with Gasteiger partial charge in [0.15, 0.2) is 0 Å². The molecule has 1 aliphatic rings. The van der Waals surface area contributed by atoms with Crippen molar-refractivity contribution in [2.24, 2.45) is 5.92 Å². The largest absolute Gasteiger partial charge is 0.361 e. The van der Waals surface area contributed by atoms with Crippen molar-refractivity contribution in [1.82, 2.24) is 15.8 Å². The van der Waals surface area contributed by atoms with Crippen molar-refractivity contribution in [3.05, 3.63) is 17.0 Å². The quantitative estimate of drug-likeness (QED) is 0.853. The van der Waals surface area contributed by atoms with E-state index in [0.717, 1.165) is 42.9 Å². The minimum absolute atomic E-state index is 0.0429. The zero-order valence-corrected chi connectivity index (χ0v) is 11.2. The van der Waals surface area contributed by atoms with Gasteiger partial charge in [0.2, 0.25) is 5.91 Å². The fraction of sp³-hybridized carbons (Fsp3) is 0.692. The molecule has 2 heterocycles. The highest BCUT2D eigenvalue weighted by Gasteiger charge is 2.24. The van der Waals surface area contributed by atoms with Gasteiger partial charge in [-0.15, -0.1) is 0 Å². The number of piperidine rings is 1. The first-order chi connectivity index (χ1) is 8.59. The van der Waals surface area contributed by atoms with E-state index in [1.54, 1.807) is 0 Å². The Morgan fingerprint density at radius 3 is 2.67 bits per heavy atom. The Hall–Kier alpha value is -1.36.